The lowest BCUT2D eigenvalue weighted by Gasteiger charge is -2.26. The lowest BCUT2D eigenvalue weighted by Crippen LogP contribution is -2.38. The molecular formula is C10H17F2NO2. The van der Waals surface area contributed by atoms with Crippen molar-refractivity contribution in [2.45, 2.75) is 44.1 Å². The van der Waals surface area contributed by atoms with Gasteiger partial charge in [-0.1, -0.05) is 6.42 Å². The average Bonchev–Trinajstić information content (AvgIpc) is 2.61. The quantitative estimate of drug-likeness (QED) is 0.735. The van der Waals surface area contributed by atoms with E-state index in [9.17, 15) is 13.6 Å². The average molecular weight is 221 g/mol. The van der Waals surface area contributed by atoms with Crippen LogP contribution in [0, 0.1) is 5.92 Å². The van der Waals surface area contributed by atoms with E-state index in [1.807, 2.05) is 0 Å². The van der Waals surface area contributed by atoms with Crippen LogP contribution in [0.2, 0.25) is 0 Å². The monoisotopic (exact) mass is 221 g/mol. The Morgan fingerprint density at radius 2 is 2.20 bits per heavy atom. The molecule has 2 unspecified atom stereocenters. The highest BCUT2D eigenvalue weighted by Gasteiger charge is 2.44. The van der Waals surface area contributed by atoms with Crippen molar-refractivity contribution in [3.63, 3.8) is 0 Å². The first-order chi connectivity index (χ1) is 6.97. The van der Waals surface area contributed by atoms with Crippen LogP contribution in [0.15, 0.2) is 0 Å². The maximum absolute atomic E-state index is 13.6. The zero-order chi connectivity index (χ0) is 11.5. The molecule has 1 fully saturated rings. The van der Waals surface area contributed by atoms with Crippen molar-refractivity contribution in [1.29, 1.82) is 0 Å². The first-order valence-corrected chi connectivity index (χ1v) is 5.17. The zero-order valence-electron chi connectivity index (χ0n) is 8.84. The topological polar surface area (TPSA) is 52.3 Å². The highest BCUT2D eigenvalue weighted by molar-refractivity contribution is 5.69. The number of ether oxygens (including phenoxy) is 1. The second-order valence-electron chi connectivity index (χ2n) is 4.04. The highest BCUT2D eigenvalue weighted by Crippen LogP contribution is 2.39. The van der Waals surface area contributed by atoms with E-state index in [1.54, 1.807) is 0 Å². The second kappa shape index (κ2) is 4.88. The van der Waals surface area contributed by atoms with Gasteiger partial charge in [-0.15, -0.1) is 0 Å². The lowest BCUT2D eigenvalue weighted by atomic mass is 9.93. The molecule has 0 aromatic rings. The summed E-state index contributed by atoms with van der Waals surface area (Å²) < 4.78 is 31.5. The molecule has 1 aliphatic carbocycles. The van der Waals surface area contributed by atoms with Crippen LogP contribution in [0.3, 0.4) is 0 Å². The maximum Gasteiger partial charge on any atom is 0.305 e. The summed E-state index contributed by atoms with van der Waals surface area (Å²) in [7, 11) is 1.20. The summed E-state index contributed by atoms with van der Waals surface area (Å²) >= 11 is 0. The molecule has 5 heteroatoms. The number of nitrogens with two attached hydrogens (primary N) is 1. The third-order valence-electron chi connectivity index (χ3n) is 3.00. The zero-order valence-corrected chi connectivity index (χ0v) is 8.84. The smallest absolute Gasteiger partial charge is 0.305 e. The summed E-state index contributed by atoms with van der Waals surface area (Å²) in [5.41, 5.74) is 5.61. The van der Waals surface area contributed by atoms with Gasteiger partial charge in [-0.05, 0) is 12.8 Å². The molecule has 2 N–H and O–H groups in total. The van der Waals surface area contributed by atoms with Crippen LogP contribution in [0.1, 0.15) is 32.1 Å². The summed E-state index contributed by atoms with van der Waals surface area (Å²) in [5, 5.41) is 0. The molecule has 0 spiro atoms. The molecule has 88 valence electrons. The van der Waals surface area contributed by atoms with E-state index < -0.39 is 30.3 Å². The predicted octanol–water partition coefficient (Wildman–Crippen LogP) is 1.70. The molecule has 1 rings (SSSR count). The first-order valence-electron chi connectivity index (χ1n) is 5.17. The second-order valence-corrected chi connectivity index (χ2v) is 4.04. The molecule has 0 bridgehead atoms. The number of hydrogen-bond acceptors (Lipinski definition) is 3. The number of methoxy groups -OCH3 is 1. The normalized spacial score (nSPS) is 26.7. The standard InChI is InChI=1S/C10H17F2NO2/c1-15-9(14)5-6-10(11,12)7-3-2-4-8(7)13/h7-8H,2-6,13H2,1H3. The fourth-order valence-electron chi connectivity index (χ4n) is 2.07. The van der Waals surface area contributed by atoms with E-state index in [0.717, 1.165) is 6.42 Å². The molecule has 1 saturated carbocycles. The van der Waals surface area contributed by atoms with Crippen molar-refractivity contribution < 1.29 is 18.3 Å². The number of hydrogen-bond donors (Lipinski definition) is 1. The molecule has 3 nitrogen and oxygen atoms in total. The summed E-state index contributed by atoms with van der Waals surface area (Å²) in [6, 6.07) is -0.433. The van der Waals surface area contributed by atoms with Gasteiger partial charge >= 0.3 is 5.97 Å². The van der Waals surface area contributed by atoms with Crippen molar-refractivity contribution in [1.82, 2.24) is 0 Å². The van der Waals surface area contributed by atoms with Crippen molar-refractivity contribution in [3.05, 3.63) is 0 Å². The summed E-state index contributed by atoms with van der Waals surface area (Å²) in [4.78, 5) is 10.8. The summed E-state index contributed by atoms with van der Waals surface area (Å²) in [6.07, 6.45) is 1.15. The van der Waals surface area contributed by atoms with Crippen molar-refractivity contribution >= 4 is 5.97 Å². The molecule has 0 heterocycles. The van der Waals surface area contributed by atoms with Gasteiger partial charge in [0.2, 0.25) is 0 Å². The first kappa shape index (κ1) is 12.4. The Bertz CT molecular complexity index is 233. The van der Waals surface area contributed by atoms with Crippen LogP contribution in [0.25, 0.3) is 0 Å². The fraction of sp³-hybridized carbons (Fsp3) is 0.900. The Kier molecular flexibility index (Phi) is 4.02. The molecule has 0 aromatic carbocycles. The number of halogens is 2. The molecule has 0 aliphatic heterocycles. The Labute approximate surface area is 88.0 Å². The van der Waals surface area contributed by atoms with Gasteiger partial charge in [0.1, 0.15) is 0 Å². The van der Waals surface area contributed by atoms with Gasteiger partial charge in [-0.3, -0.25) is 4.79 Å². The summed E-state index contributed by atoms with van der Waals surface area (Å²) in [5.74, 6) is -4.22. The minimum absolute atomic E-state index is 0.243. The van der Waals surface area contributed by atoms with Gasteiger partial charge < -0.3 is 10.5 Å². The van der Waals surface area contributed by atoms with Gasteiger partial charge in [0.15, 0.2) is 0 Å². The van der Waals surface area contributed by atoms with Crippen LogP contribution < -0.4 is 5.73 Å². The van der Waals surface area contributed by atoms with Crippen LogP contribution >= 0.6 is 0 Å². The SMILES string of the molecule is COC(=O)CCC(F)(F)C1CCCC1N. The van der Waals surface area contributed by atoms with E-state index in [1.165, 1.54) is 7.11 Å². The van der Waals surface area contributed by atoms with Crippen molar-refractivity contribution in [3.8, 4) is 0 Å². The molecule has 0 amide bonds. The number of rotatable bonds is 4. The van der Waals surface area contributed by atoms with Crippen LogP contribution in [0.4, 0.5) is 8.78 Å². The number of carbonyl (C=O) groups excluding carboxylic acids is 1. The Hall–Kier alpha value is -0.710. The van der Waals surface area contributed by atoms with Crippen molar-refractivity contribution in [2.75, 3.05) is 7.11 Å². The van der Waals surface area contributed by atoms with Gasteiger partial charge in [-0.25, -0.2) is 8.78 Å². The number of carbonyl (C=O) groups is 1. The highest BCUT2D eigenvalue weighted by atomic mass is 19.3. The molecular weight excluding hydrogens is 204 g/mol. The van der Waals surface area contributed by atoms with E-state index in [-0.39, 0.29) is 6.42 Å². The third kappa shape index (κ3) is 3.12. The van der Waals surface area contributed by atoms with Gasteiger partial charge in [0, 0.05) is 18.4 Å². The molecule has 0 radical (unpaired) electrons. The van der Waals surface area contributed by atoms with Crippen LogP contribution in [-0.4, -0.2) is 25.0 Å². The number of esters is 1. The predicted molar refractivity (Wildman–Crippen MR) is 51.5 cm³/mol. The molecule has 1 aliphatic rings. The van der Waals surface area contributed by atoms with E-state index in [0.29, 0.717) is 12.8 Å². The lowest BCUT2D eigenvalue weighted by molar-refractivity contribution is -0.144. The van der Waals surface area contributed by atoms with E-state index >= 15 is 0 Å². The van der Waals surface area contributed by atoms with E-state index in [2.05, 4.69) is 4.74 Å². The fourth-order valence-corrected chi connectivity index (χ4v) is 2.07. The molecule has 0 aromatic heterocycles. The molecule has 0 saturated heterocycles. The molecule has 2 atom stereocenters. The Morgan fingerprint density at radius 1 is 1.53 bits per heavy atom. The van der Waals surface area contributed by atoms with E-state index in [4.69, 9.17) is 5.73 Å². The summed E-state index contributed by atoms with van der Waals surface area (Å²) in [6.45, 7) is 0. The van der Waals surface area contributed by atoms with Crippen molar-refractivity contribution in [2.24, 2.45) is 11.7 Å². The third-order valence-corrected chi connectivity index (χ3v) is 3.00. The minimum atomic E-state index is -2.84. The minimum Gasteiger partial charge on any atom is -0.469 e. The van der Waals surface area contributed by atoms with Crippen LogP contribution in [-0.2, 0) is 9.53 Å². The Balaban J connectivity index is 2.46. The van der Waals surface area contributed by atoms with Crippen LogP contribution in [0.5, 0.6) is 0 Å². The largest absolute Gasteiger partial charge is 0.469 e. The number of alkyl halides is 2. The van der Waals surface area contributed by atoms with Gasteiger partial charge in [-0.2, -0.15) is 0 Å². The van der Waals surface area contributed by atoms with Gasteiger partial charge in [0.05, 0.1) is 13.5 Å². The molecule has 15 heavy (non-hydrogen) atoms. The van der Waals surface area contributed by atoms with Gasteiger partial charge in [0.25, 0.3) is 5.92 Å². The maximum atomic E-state index is 13.6. The Morgan fingerprint density at radius 3 is 2.67 bits per heavy atom.